The molecule has 0 atom stereocenters. The molecule has 0 bridgehead atoms. The third kappa shape index (κ3) is 3.17. The molecule has 0 radical (unpaired) electrons. The SMILES string of the molecule is CC(=O)c1ccccc1OCc1cc(Br)cs1. The number of ether oxygens (including phenoxy) is 1. The van der Waals surface area contributed by atoms with Crippen molar-refractivity contribution in [3.05, 3.63) is 50.6 Å². The summed E-state index contributed by atoms with van der Waals surface area (Å²) in [5.74, 6) is 0.664. The lowest BCUT2D eigenvalue weighted by Crippen LogP contribution is -2.00. The molecule has 0 N–H and O–H groups in total. The molecule has 4 heteroatoms. The number of halogens is 1. The van der Waals surface area contributed by atoms with Crippen molar-refractivity contribution < 1.29 is 9.53 Å². The van der Waals surface area contributed by atoms with E-state index < -0.39 is 0 Å². The van der Waals surface area contributed by atoms with Gasteiger partial charge >= 0.3 is 0 Å². The van der Waals surface area contributed by atoms with Gasteiger partial charge in [-0.25, -0.2) is 0 Å². The highest BCUT2D eigenvalue weighted by Gasteiger charge is 2.07. The predicted octanol–water partition coefficient (Wildman–Crippen LogP) is 4.29. The third-order valence-electron chi connectivity index (χ3n) is 2.26. The highest BCUT2D eigenvalue weighted by atomic mass is 79.9. The predicted molar refractivity (Wildman–Crippen MR) is 72.8 cm³/mol. The van der Waals surface area contributed by atoms with E-state index in [1.54, 1.807) is 24.3 Å². The van der Waals surface area contributed by atoms with E-state index in [1.165, 1.54) is 0 Å². The lowest BCUT2D eigenvalue weighted by atomic mass is 10.1. The van der Waals surface area contributed by atoms with Gasteiger partial charge in [-0.1, -0.05) is 12.1 Å². The number of thiophene rings is 1. The largest absolute Gasteiger partial charge is 0.487 e. The van der Waals surface area contributed by atoms with Crippen LogP contribution < -0.4 is 4.74 Å². The van der Waals surface area contributed by atoms with Crippen molar-refractivity contribution in [1.82, 2.24) is 0 Å². The normalized spacial score (nSPS) is 10.2. The molecule has 0 fully saturated rings. The Morgan fingerprint density at radius 1 is 1.41 bits per heavy atom. The molecule has 0 aliphatic heterocycles. The number of hydrogen-bond acceptors (Lipinski definition) is 3. The summed E-state index contributed by atoms with van der Waals surface area (Å²) in [5.41, 5.74) is 0.628. The minimum absolute atomic E-state index is 0.0213. The summed E-state index contributed by atoms with van der Waals surface area (Å²) in [6.45, 7) is 2.03. The number of hydrogen-bond donors (Lipinski definition) is 0. The van der Waals surface area contributed by atoms with Crippen molar-refractivity contribution in [3.63, 3.8) is 0 Å². The molecular formula is C13H11BrO2S. The molecule has 0 aliphatic rings. The quantitative estimate of drug-likeness (QED) is 0.787. The second kappa shape index (κ2) is 5.47. The summed E-state index contributed by atoms with van der Waals surface area (Å²) in [6.07, 6.45) is 0. The van der Waals surface area contributed by atoms with E-state index in [-0.39, 0.29) is 5.78 Å². The van der Waals surface area contributed by atoms with E-state index >= 15 is 0 Å². The summed E-state index contributed by atoms with van der Waals surface area (Å²) in [4.78, 5) is 12.5. The first-order valence-corrected chi connectivity index (χ1v) is 6.80. The molecule has 2 rings (SSSR count). The lowest BCUT2D eigenvalue weighted by Gasteiger charge is -2.08. The Morgan fingerprint density at radius 2 is 2.18 bits per heavy atom. The third-order valence-corrected chi connectivity index (χ3v) is 3.93. The van der Waals surface area contributed by atoms with Crippen LogP contribution in [0.3, 0.4) is 0 Å². The molecule has 88 valence electrons. The zero-order chi connectivity index (χ0) is 12.3. The van der Waals surface area contributed by atoms with Crippen LogP contribution in [0.25, 0.3) is 0 Å². The Labute approximate surface area is 112 Å². The maximum Gasteiger partial charge on any atom is 0.163 e. The Morgan fingerprint density at radius 3 is 2.82 bits per heavy atom. The van der Waals surface area contributed by atoms with Gasteiger partial charge in [0, 0.05) is 14.7 Å². The van der Waals surface area contributed by atoms with Gasteiger partial charge in [-0.2, -0.15) is 0 Å². The summed E-state index contributed by atoms with van der Waals surface area (Å²) < 4.78 is 6.72. The van der Waals surface area contributed by atoms with Crippen molar-refractivity contribution in [2.45, 2.75) is 13.5 Å². The van der Waals surface area contributed by atoms with Gasteiger partial charge in [-0.3, -0.25) is 4.79 Å². The molecule has 1 aromatic carbocycles. The second-order valence-electron chi connectivity index (χ2n) is 3.57. The number of ketones is 1. The molecule has 0 unspecified atom stereocenters. The van der Waals surface area contributed by atoms with Crippen LogP contribution in [0.2, 0.25) is 0 Å². The van der Waals surface area contributed by atoms with E-state index in [0.29, 0.717) is 17.9 Å². The first kappa shape index (κ1) is 12.3. The maximum atomic E-state index is 11.4. The summed E-state index contributed by atoms with van der Waals surface area (Å²) in [7, 11) is 0. The van der Waals surface area contributed by atoms with Crippen LogP contribution in [-0.2, 0) is 6.61 Å². The number of carbonyl (C=O) groups excluding carboxylic acids is 1. The Kier molecular flexibility index (Phi) is 3.97. The standard InChI is InChI=1S/C13H11BrO2S/c1-9(15)12-4-2-3-5-13(12)16-7-11-6-10(14)8-17-11/h2-6,8H,7H2,1H3. The Bertz CT molecular complexity index is 534. The molecule has 0 saturated heterocycles. The number of rotatable bonds is 4. The van der Waals surface area contributed by atoms with Crippen molar-refractivity contribution in [2.75, 3.05) is 0 Å². The van der Waals surface area contributed by atoms with Gasteiger partial charge in [0.2, 0.25) is 0 Å². The Hall–Kier alpha value is -1.13. The van der Waals surface area contributed by atoms with Crippen LogP contribution in [0.1, 0.15) is 22.2 Å². The van der Waals surface area contributed by atoms with Gasteiger partial charge in [0.25, 0.3) is 0 Å². The Balaban J connectivity index is 2.11. The van der Waals surface area contributed by atoms with Gasteiger partial charge in [0.1, 0.15) is 12.4 Å². The van der Waals surface area contributed by atoms with Crippen LogP contribution in [0.5, 0.6) is 5.75 Å². The molecule has 0 spiro atoms. The smallest absolute Gasteiger partial charge is 0.163 e. The fourth-order valence-electron chi connectivity index (χ4n) is 1.46. The first-order chi connectivity index (χ1) is 8.16. The number of benzene rings is 1. The zero-order valence-electron chi connectivity index (χ0n) is 9.27. The van der Waals surface area contributed by atoms with E-state index in [4.69, 9.17) is 4.74 Å². The van der Waals surface area contributed by atoms with Gasteiger partial charge in [0.15, 0.2) is 5.78 Å². The van der Waals surface area contributed by atoms with Crippen LogP contribution in [-0.4, -0.2) is 5.78 Å². The summed E-state index contributed by atoms with van der Waals surface area (Å²) in [6, 6.07) is 9.32. The van der Waals surface area contributed by atoms with Gasteiger partial charge in [-0.15, -0.1) is 11.3 Å². The summed E-state index contributed by atoms with van der Waals surface area (Å²) >= 11 is 5.02. The molecule has 0 amide bonds. The number of Topliss-reactive ketones (excluding diaryl/α,β-unsaturated/α-hetero) is 1. The first-order valence-electron chi connectivity index (χ1n) is 5.12. The van der Waals surface area contributed by atoms with Crippen LogP contribution in [0, 0.1) is 0 Å². The van der Waals surface area contributed by atoms with Crippen LogP contribution in [0.4, 0.5) is 0 Å². The maximum absolute atomic E-state index is 11.4. The van der Waals surface area contributed by atoms with E-state index in [9.17, 15) is 4.79 Å². The van der Waals surface area contributed by atoms with Crippen molar-refractivity contribution in [1.29, 1.82) is 0 Å². The van der Waals surface area contributed by atoms with E-state index in [0.717, 1.165) is 9.35 Å². The molecule has 2 nitrogen and oxygen atoms in total. The van der Waals surface area contributed by atoms with Crippen LogP contribution >= 0.6 is 27.3 Å². The fraction of sp³-hybridized carbons (Fsp3) is 0.154. The highest BCUT2D eigenvalue weighted by Crippen LogP contribution is 2.23. The molecule has 1 aromatic heterocycles. The molecule has 0 saturated carbocycles. The zero-order valence-corrected chi connectivity index (χ0v) is 11.7. The van der Waals surface area contributed by atoms with Gasteiger partial charge < -0.3 is 4.74 Å². The molecule has 2 aromatic rings. The topological polar surface area (TPSA) is 26.3 Å². The molecule has 17 heavy (non-hydrogen) atoms. The average molecular weight is 311 g/mol. The minimum atomic E-state index is 0.0213. The highest BCUT2D eigenvalue weighted by molar-refractivity contribution is 9.10. The number of carbonyl (C=O) groups is 1. The molecular weight excluding hydrogens is 300 g/mol. The van der Waals surface area contributed by atoms with E-state index in [1.807, 2.05) is 29.6 Å². The molecule has 0 aliphatic carbocycles. The molecule has 1 heterocycles. The fourth-order valence-corrected chi connectivity index (χ4v) is 2.82. The van der Waals surface area contributed by atoms with Crippen molar-refractivity contribution in [3.8, 4) is 5.75 Å². The van der Waals surface area contributed by atoms with Crippen molar-refractivity contribution in [2.24, 2.45) is 0 Å². The average Bonchev–Trinajstić information content (AvgIpc) is 2.73. The monoisotopic (exact) mass is 310 g/mol. The van der Waals surface area contributed by atoms with Gasteiger partial charge in [-0.05, 0) is 41.1 Å². The van der Waals surface area contributed by atoms with Crippen molar-refractivity contribution >= 4 is 33.0 Å². The summed E-state index contributed by atoms with van der Waals surface area (Å²) in [5, 5.41) is 2.01. The van der Waals surface area contributed by atoms with Crippen LogP contribution in [0.15, 0.2) is 40.2 Å². The number of para-hydroxylation sites is 1. The lowest BCUT2D eigenvalue weighted by molar-refractivity contribution is 0.101. The minimum Gasteiger partial charge on any atom is -0.487 e. The van der Waals surface area contributed by atoms with E-state index in [2.05, 4.69) is 15.9 Å². The van der Waals surface area contributed by atoms with Gasteiger partial charge in [0.05, 0.1) is 5.56 Å². The second-order valence-corrected chi connectivity index (χ2v) is 5.48.